The summed E-state index contributed by atoms with van der Waals surface area (Å²) in [6.45, 7) is 2.20. The zero-order chi connectivity index (χ0) is 21.6. The molecule has 1 unspecified atom stereocenters. The smallest absolute Gasteiger partial charge is 0.346 e. The van der Waals surface area contributed by atoms with Gasteiger partial charge in [0.15, 0.2) is 11.5 Å². The standard InChI is InChI=1S/C22H30N4O5/c1-29-19-12-16(8-9-18(19)31-15-17-6-5-11-30-17)13-23-21(27)14-26-22(28)25-10-4-2-3-7-20(25)24-26/h8-9,12,17H,2-7,10-11,13-15H2,1H3,(H,23,27). The van der Waals surface area contributed by atoms with Crippen LogP contribution in [0.25, 0.3) is 0 Å². The van der Waals surface area contributed by atoms with Gasteiger partial charge in [-0.25, -0.2) is 9.48 Å². The van der Waals surface area contributed by atoms with Gasteiger partial charge in [-0.2, -0.15) is 5.10 Å². The quantitative estimate of drug-likeness (QED) is 0.684. The summed E-state index contributed by atoms with van der Waals surface area (Å²) in [7, 11) is 1.59. The van der Waals surface area contributed by atoms with E-state index in [1.165, 1.54) is 4.68 Å². The van der Waals surface area contributed by atoms with E-state index in [2.05, 4.69) is 10.4 Å². The van der Waals surface area contributed by atoms with Crippen LogP contribution in [0.2, 0.25) is 0 Å². The summed E-state index contributed by atoms with van der Waals surface area (Å²) in [6, 6.07) is 5.57. The maximum atomic E-state index is 12.5. The average Bonchev–Trinajstić information content (AvgIpc) is 3.32. The molecule has 3 heterocycles. The molecule has 1 aromatic heterocycles. The summed E-state index contributed by atoms with van der Waals surface area (Å²) in [5.41, 5.74) is 0.670. The molecule has 4 rings (SSSR count). The van der Waals surface area contributed by atoms with Crippen molar-refractivity contribution in [2.24, 2.45) is 0 Å². The Morgan fingerprint density at radius 1 is 1.26 bits per heavy atom. The Morgan fingerprint density at radius 3 is 2.97 bits per heavy atom. The maximum absolute atomic E-state index is 12.5. The molecule has 2 aliphatic rings. The number of carbonyl (C=O) groups is 1. The molecule has 1 fully saturated rings. The van der Waals surface area contributed by atoms with E-state index in [4.69, 9.17) is 14.2 Å². The number of nitrogens with zero attached hydrogens (tertiary/aromatic N) is 3. The van der Waals surface area contributed by atoms with Gasteiger partial charge in [-0.15, -0.1) is 0 Å². The lowest BCUT2D eigenvalue weighted by Crippen LogP contribution is -2.33. The lowest BCUT2D eigenvalue weighted by Gasteiger charge is -2.15. The van der Waals surface area contributed by atoms with Crippen LogP contribution < -0.4 is 20.5 Å². The Morgan fingerprint density at radius 2 is 2.16 bits per heavy atom. The highest BCUT2D eigenvalue weighted by molar-refractivity contribution is 5.75. The predicted octanol–water partition coefficient (Wildman–Crippen LogP) is 1.65. The normalized spacial score (nSPS) is 18.3. The molecule has 1 aromatic carbocycles. The van der Waals surface area contributed by atoms with Crippen LogP contribution in [-0.2, 0) is 35.6 Å². The number of rotatable bonds is 8. The highest BCUT2D eigenvalue weighted by atomic mass is 16.5. The van der Waals surface area contributed by atoms with E-state index in [0.717, 1.165) is 56.5 Å². The second kappa shape index (κ2) is 10.00. The molecule has 1 atom stereocenters. The van der Waals surface area contributed by atoms with Gasteiger partial charge in [0.25, 0.3) is 0 Å². The molecular weight excluding hydrogens is 400 g/mol. The molecule has 0 aliphatic carbocycles. The van der Waals surface area contributed by atoms with Crippen molar-refractivity contribution < 1.29 is 19.0 Å². The average molecular weight is 431 g/mol. The van der Waals surface area contributed by atoms with Crippen LogP contribution in [0.15, 0.2) is 23.0 Å². The third kappa shape index (κ3) is 5.28. The van der Waals surface area contributed by atoms with Crippen LogP contribution in [0.3, 0.4) is 0 Å². The summed E-state index contributed by atoms with van der Waals surface area (Å²) in [5.74, 6) is 1.78. The van der Waals surface area contributed by atoms with Crippen molar-refractivity contribution >= 4 is 5.91 Å². The Balaban J connectivity index is 1.32. The molecule has 0 radical (unpaired) electrons. The molecule has 0 saturated carbocycles. The minimum Gasteiger partial charge on any atom is -0.493 e. The van der Waals surface area contributed by atoms with E-state index in [-0.39, 0.29) is 24.2 Å². The van der Waals surface area contributed by atoms with Gasteiger partial charge in [0, 0.05) is 26.1 Å². The Labute approximate surface area is 181 Å². The summed E-state index contributed by atoms with van der Waals surface area (Å²) in [4.78, 5) is 24.9. The molecule has 1 N–H and O–H groups in total. The van der Waals surface area contributed by atoms with Gasteiger partial charge in [0.05, 0.1) is 13.2 Å². The molecule has 1 amide bonds. The van der Waals surface area contributed by atoms with E-state index in [1.54, 1.807) is 11.7 Å². The van der Waals surface area contributed by atoms with Crippen LogP contribution in [-0.4, -0.2) is 46.7 Å². The molecular formula is C22H30N4O5. The van der Waals surface area contributed by atoms with Crippen molar-refractivity contribution in [1.82, 2.24) is 19.7 Å². The first kappa shape index (κ1) is 21.4. The second-order valence-corrected chi connectivity index (χ2v) is 8.03. The van der Waals surface area contributed by atoms with Crippen molar-refractivity contribution in [2.45, 2.75) is 64.3 Å². The Kier molecular flexibility index (Phi) is 6.91. The number of nitrogens with one attached hydrogen (secondary N) is 1. The first-order chi connectivity index (χ1) is 15.1. The van der Waals surface area contributed by atoms with E-state index >= 15 is 0 Å². The topological polar surface area (TPSA) is 96.6 Å². The van der Waals surface area contributed by atoms with Crippen LogP contribution in [0.4, 0.5) is 0 Å². The van der Waals surface area contributed by atoms with Crippen molar-refractivity contribution in [1.29, 1.82) is 0 Å². The third-order valence-corrected chi connectivity index (χ3v) is 5.74. The lowest BCUT2D eigenvalue weighted by molar-refractivity contribution is -0.122. The number of fused-ring (bicyclic) bond motifs is 1. The predicted molar refractivity (Wildman–Crippen MR) is 113 cm³/mol. The largest absolute Gasteiger partial charge is 0.493 e. The zero-order valence-electron chi connectivity index (χ0n) is 18.0. The van der Waals surface area contributed by atoms with Gasteiger partial charge in [-0.3, -0.25) is 9.36 Å². The van der Waals surface area contributed by atoms with Gasteiger partial charge >= 0.3 is 5.69 Å². The van der Waals surface area contributed by atoms with Crippen molar-refractivity contribution in [3.8, 4) is 11.5 Å². The summed E-state index contributed by atoms with van der Waals surface area (Å²) in [6.07, 6.45) is 6.09. The zero-order valence-corrected chi connectivity index (χ0v) is 18.0. The fourth-order valence-corrected chi connectivity index (χ4v) is 4.02. The molecule has 2 aliphatic heterocycles. The minimum absolute atomic E-state index is 0.0848. The number of carbonyl (C=O) groups excluding carboxylic acids is 1. The van der Waals surface area contributed by atoms with Crippen LogP contribution in [0, 0.1) is 0 Å². The number of benzene rings is 1. The number of aromatic nitrogens is 3. The van der Waals surface area contributed by atoms with Gasteiger partial charge in [0.2, 0.25) is 5.91 Å². The number of aryl methyl sites for hydroxylation is 1. The number of hydrogen-bond acceptors (Lipinski definition) is 6. The molecule has 9 heteroatoms. The second-order valence-electron chi connectivity index (χ2n) is 8.03. The first-order valence-electron chi connectivity index (χ1n) is 11.0. The minimum atomic E-state index is -0.256. The molecule has 2 aromatic rings. The Bertz CT molecular complexity index is 961. The molecule has 9 nitrogen and oxygen atoms in total. The highest BCUT2D eigenvalue weighted by Gasteiger charge is 2.18. The summed E-state index contributed by atoms with van der Waals surface area (Å²) < 4.78 is 19.8. The van der Waals surface area contributed by atoms with Gasteiger partial charge in [0.1, 0.15) is 19.0 Å². The van der Waals surface area contributed by atoms with Gasteiger partial charge in [-0.05, 0) is 43.4 Å². The van der Waals surface area contributed by atoms with Crippen molar-refractivity contribution in [2.75, 3.05) is 20.3 Å². The van der Waals surface area contributed by atoms with Crippen molar-refractivity contribution in [3.05, 3.63) is 40.1 Å². The van der Waals surface area contributed by atoms with E-state index in [0.29, 0.717) is 31.2 Å². The molecule has 0 spiro atoms. The highest BCUT2D eigenvalue weighted by Crippen LogP contribution is 2.29. The molecule has 1 saturated heterocycles. The summed E-state index contributed by atoms with van der Waals surface area (Å²) >= 11 is 0. The van der Waals surface area contributed by atoms with Crippen molar-refractivity contribution in [3.63, 3.8) is 0 Å². The summed E-state index contributed by atoms with van der Waals surface area (Å²) in [5, 5.41) is 7.21. The van der Waals surface area contributed by atoms with E-state index in [9.17, 15) is 9.59 Å². The number of ether oxygens (including phenoxy) is 3. The van der Waals surface area contributed by atoms with Gasteiger partial charge < -0.3 is 19.5 Å². The fraction of sp³-hybridized carbons (Fsp3) is 0.591. The molecule has 168 valence electrons. The number of amides is 1. The first-order valence-corrected chi connectivity index (χ1v) is 11.0. The van der Waals surface area contributed by atoms with Crippen LogP contribution in [0.1, 0.15) is 43.5 Å². The fourth-order valence-electron chi connectivity index (χ4n) is 4.02. The van der Waals surface area contributed by atoms with Gasteiger partial charge in [-0.1, -0.05) is 12.5 Å². The third-order valence-electron chi connectivity index (χ3n) is 5.74. The maximum Gasteiger partial charge on any atom is 0.346 e. The number of hydrogen-bond donors (Lipinski definition) is 1. The molecule has 31 heavy (non-hydrogen) atoms. The van der Waals surface area contributed by atoms with Crippen LogP contribution in [0.5, 0.6) is 11.5 Å². The number of methoxy groups -OCH3 is 1. The lowest BCUT2D eigenvalue weighted by atomic mass is 10.2. The van der Waals surface area contributed by atoms with E-state index < -0.39 is 0 Å². The van der Waals surface area contributed by atoms with Crippen LogP contribution >= 0.6 is 0 Å². The monoisotopic (exact) mass is 430 g/mol. The Hall–Kier alpha value is -2.81. The van der Waals surface area contributed by atoms with E-state index in [1.807, 2.05) is 18.2 Å². The SMILES string of the molecule is COc1cc(CNC(=O)Cn2nc3n(c2=O)CCCCC3)ccc1OCC1CCCO1. The molecule has 0 bridgehead atoms.